The molecule has 0 spiro atoms. The number of hydrogen-bond donors (Lipinski definition) is 1. The summed E-state index contributed by atoms with van der Waals surface area (Å²) < 4.78 is 16.8. The lowest BCUT2D eigenvalue weighted by Gasteiger charge is -2.32. The van der Waals surface area contributed by atoms with Crippen molar-refractivity contribution in [2.45, 2.75) is 58.7 Å². The van der Waals surface area contributed by atoms with Crippen molar-refractivity contribution in [3.05, 3.63) is 58.7 Å². The number of aryl methyl sites for hydroxylation is 1. The maximum atomic E-state index is 14.8. The van der Waals surface area contributed by atoms with E-state index >= 15 is 0 Å². The van der Waals surface area contributed by atoms with E-state index in [-0.39, 0.29) is 5.56 Å². The molecule has 32 heavy (non-hydrogen) atoms. The standard InChI is InChI=1S/C24H27FN6O/c1-15(2)30-11-9-16-13-19(25)18(12-17(16)14-30)24(32)27-21-7-5-6-20(26-21)23-29-28-22-8-3-4-10-31(22)23/h5-7,12-13,15H,3-4,8-11,14H2,1-2H3,(H,26,27,32). The molecule has 2 aliphatic heterocycles. The molecular weight excluding hydrogens is 407 g/mol. The highest BCUT2D eigenvalue weighted by Crippen LogP contribution is 2.26. The molecule has 1 aromatic carbocycles. The van der Waals surface area contributed by atoms with E-state index in [0.717, 1.165) is 62.3 Å². The molecule has 0 saturated heterocycles. The Labute approximate surface area is 186 Å². The SMILES string of the molecule is CC(C)N1CCc2cc(F)c(C(=O)Nc3cccc(-c4nnc5n4CCCC5)n3)cc2C1. The van der Waals surface area contributed by atoms with Crippen molar-refractivity contribution < 1.29 is 9.18 Å². The van der Waals surface area contributed by atoms with Crippen LogP contribution in [0, 0.1) is 5.82 Å². The number of anilines is 1. The number of benzene rings is 1. The molecule has 0 radical (unpaired) electrons. The summed E-state index contributed by atoms with van der Waals surface area (Å²) >= 11 is 0. The van der Waals surface area contributed by atoms with Crippen LogP contribution in [0.5, 0.6) is 0 Å². The summed E-state index contributed by atoms with van der Waals surface area (Å²) in [5.74, 6) is 1.03. The second-order valence-corrected chi connectivity index (χ2v) is 8.83. The number of rotatable bonds is 4. The van der Waals surface area contributed by atoms with Crippen LogP contribution in [-0.2, 0) is 25.9 Å². The summed E-state index contributed by atoms with van der Waals surface area (Å²) in [7, 11) is 0. The lowest BCUT2D eigenvalue weighted by Crippen LogP contribution is -2.36. The summed E-state index contributed by atoms with van der Waals surface area (Å²) in [6, 6.07) is 8.96. The third-order valence-electron chi connectivity index (χ3n) is 6.39. The normalized spacial score (nSPS) is 16.0. The number of carbonyl (C=O) groups is 1. The zero-order valence-corrected chi connectivity index (χ0v) is 18.4. The van der Waals surface area contributed by atoms with Crippen LogP contribution in [0.25, 0.3) is 11.5 Å². The van der Waals surface area contributed by atoms with Gasteiger partial charge < -0.3 is 9.88 Å². The van der Waals surface area contributed by atoms with Gasteiger partial charge in [0, 0.05) is 32.1 Å². The highest BCUT2D eigenvalue weighted by molar-refractivity contribution is 6.04. The first kappa shape index (κ1) is 20.8. The van der Waals surface area contributed by atoms with Crippen LogP contribution in [0.2, 0.25) is 0 Å². The third kappa shape index (κ3) is 3.90. The number of hydrogen-bond acceptors (Lipinski definition) is 5. The third-order valence-corrected chi connectivity index (χ3v) is 6.39. The molecule has 8 heteroatoms. The van der Waals surface area contributed by atoms with Gasteiger partial charge in [-0.2, -0.15) is 0 Å². The molecular formula is C24H27FN6O. The van der Waals surface area contributed by atoms with Crippen molar-refractivity contribution in [1.29, 1.82) is 0 Å². The number of pyridine rings is 1. The molecule has 0 fully saturated rings. The van der Waals surface area contributed by atoms with Gasteiger partial charge in [-0.3, -0.25) is 9.69 Å². The van der Waals surface area contributed by atoms with Gasteiger partial charge in [-0.15, -0.1) is 10.2 Å². The van der Waals surface area contributed by atoms with E-state index in [9.17, 15) is 9.18 Å². The fourth-order valence-electron chi connectivity index (χ4n) is 4.53. The van der Waals surface area contributed by atoms with Crippen LogP contribution in [0.3, 0.4) is 0 Å². The van der Waals surface area contributed by atoms with Gasteiger partial charge >= 0.3 is 0 Å². The topological polar surface area (TPSA) is 75.9 Å². The molecule has 0 unspecified atom stereocenters. The van der Waals surface area contributed by atoms with E-state index in [1.54, 1.807) is 12.1 Å². The number of fused-ring (bicyclic) bond motifs is 2. The van der Waals surface area contributed by atoms with Gasteiger partial charge in [-0.05, 0) is 68.5 Å². The fourth-order valence-corrected chi connectivity index (χ4v) is 4.53. The summed E-state index contributed by atoms with van der Waals surface area (Å²) in [5.41, 5.74) is 2.67. The molecule has 166 valence electrons. The average Bonchev–Trinajstić information content (AvgIpc) is 3.22. The van der Waals surface area contributed by atoms with Crippen LogP contribution in [0.15, 0.2) is 30.3 Å². The fraction of sp³-hybridized carbons (Fsp3) is 0.417. The highest BCUT2D eigenvalue weighted by Gasteiger charge is 2.23. The van der Waals surface area contributed by atoms with Crippen molar-refractivity contribution in [1.82, 2.24) is 24.6 Å². The Balaban J connectivity index is 1.39. The molecule has 1 N–H and O–H groups in total. The number of nitrogens with zero attached hydrogens (tertiary/aromatic N) is 5. The lowest BCUT2D eigenvalue weighted by molar-refractivity contribution is 0.102. The van der Waals surface area contributed by atoms with Gasteiger partial charge in [-0.1, -0.05) is 6.07 Å². The maximum Gasteiger partial charge on any atom is 0.259 e. The first-order valence-corrected chi connectivity index (χ1v) is 11.3. The molecule has 0 aliphatic carbocycles. The van der Waals surface area contributed by atoms with E-state index < -0.39 is 11.7 Å². The second kappa shape index (κ2) is 8.43. The number of amides is 1. The first-order chi connectivity index (χ1) is 15.5. The van der Waals surface area contributed by atoms with Crippen molar-refractivity contribution >= 4 is 11.7 Å². The van der Waals surface area contributed by atoms with Crippen LogP contribution >= 0.6 is 0 Å². The summed E-state index contributed by atoms with van der Waals surface area (Å²) in [6.45, 7) is 6.78. The van der Waals surface area contributed by atoms with Gasteiger partial charge in [0.05, 0.1) is 5.56 Å². The van der Waals surface area contributed by atoms with Crippen LogP contribution in [0.1, 0.15) is 54.0 Å². The molecule has 2 aromatic heterocycles. The molecule has 5 rings (SSSR count). The Kier molecular flexibility index (Phi) is 5.46. The van der Waals surface area contributed by atoms with E-state index in [2.05, 4.69) is 43.8 Å². The molecule has 1 amide bonds. The Morgan fingerprint density at radius 2 is 1.97 bits per heavy atom. The Morgan fingerprint density at radius 3 is 2.81 bits per heavy atom. The molecule has 4 heterocycles. The average molecular weight is 435 g/mol. The van der Waals surface area contributed by atoms with Gasteiger partial charge in [0.1, 0.15) is 23.2 Å². The Bertz CT molecular complexity index is 1170. The number of aromatic nitrogens is 4. The highest BCUT2D eigenvalue weighted by atomic mass is 19.1. The predicted molar refractivity (Wildman–Crippen MR) is 120 cm³/mol. The first-order valence-electron chi connectivity index (χ1n) is 11.3. The second-order valence-electron chi connectivity index (χ2n) is 8.83. The van der Waals surface area contributed by atoms with E-state index in [4.69, 9.17) is 0 Å². The lowest BCUT2D eigenvalue weighted by atomic mass is 9.96. The molecule has 2 aliphatic rings. The molecule has 3 aromatic rings. The quantitative estimate of drug-likeness (QED) is 0.675. The van der Waals surface area contributed by atoms with Crippen LogP contribution in [0.4, 0.5) is 10.2 Å². The minimum atomic E-state index is -0.500. The summed E-state index contributed by atoms with van der Waals surface area (Å²) in [5, 5.41) is 11.3. The van der Waals surface area contributed by atoms with Crippen molar-refractivity contribution in [2.75, 3.05) is 11.9 Å². The van der Waals surface area contributed by atoms with Crippen LogP contribution in [-0.4, -0.2) is 43.1 Å². The zero-order chi connectivity index (χ0) is 22.2. The van der Waals surface area contributed by atoms with E-state index in [0.29, 0.717) is 23.4 Å². The maximum absolute atomic E-state index is 14.8. The Hall–Kier alpha value is -3.13. The largest absolute Gasteiger partial charge is 0.310 e. The van der Waals surface area contributed by atoms with Gasteiger partial charge in [0.25, 0.3) is 5.91 Å². The summed E-state index contributed by atoms with van der Waals surface area (Å²) in [4.78, 5) is 19.8. The Morgan fingerprint density at radius 1 is 1.09 bits per heavy atom. The van der Waals surface area contributed by atoms with E-state index in [1.165, 1.54) is 6.07 Å². The smallest absolute Gasteiger partial charge is 0.259 e. The minimum absolute atomic E-state index is 0.0430. The molecule has 0 saturated carbocycles. The number of nitrogens with one attached hydrogen (secondary N) is 1. The molecule has 0 atom stereocenters. The molecule has 0 bridgehead atoms. The summed E-state index contributed by atoms with van der Waals surface area (Å²) in [6.07, 6.45) is 3.90. The van der Waals surface area contributed by atoms with E-state index in [1.807, 2.05) is 12.1 Å². The number of halogens is 1. The van der Waals surface area contributed by atoms with Crippen molar-refractivity contribution in [3.8, 4) is 11.5 Å². The van der Waals surface area contributed by atoms with Gasteiger partial charge in [-0.25, -0.2) is 9.37 Å². The van der Waals surface area contributed by atoms with Crippen molar-refractivity contribution in [3.63, 3.8) is 0 Å². The zero-order valence-electron chi connectivity index (χ0n) is 18.4. The van der Waals surface area contributed by atoms with Gasteiger partial charge in [0.15, 0.2) is 5.82 Å². The van der Waals surface area contributed by atoms with Crippen LogP contribution < -0.4 is 5.32 Å². The molecule has 7 nitrogen and oxygen atoms in total. The minimum Gasteiger partial charge on any atom is -0.310 e. The monoisotopic (exact) mass is 434 g/mol. The number of carbonyl (C=O) groups excluding carboxylic acids is 1. The van der Waals surface area contributed by atoms with Gasteiger partial charge in [0.2, 0.25) is 0 Å². The van der Waals surface area contributed by atoms with Crippen molar-refractivity contribution in [2.24, 2.45) is 0 Å². The predicted octanol–water partition coefficient (Wildman–Crippen LogP) is 3.83.